The standard InChI is InChI=1S/C20H20FN3O3/c21-15-3-1-13(2-4-15)9-24-11-14(10-23-6-5-16(25)12-23)17-7-18(20(26)27)22-8-19(17)24/h1-4,7-8,11,16,25H,5-6,9-10,12H2,(H,26,27)/t16-/m1/s1. The summed E-state index contributed by atoms with van der Waals surface area (Å²) in [4.78, 5) is 17.5. The predicted octanol–water partition coefficient (Wildman–Crippen LogP) is 2.49. The predicted molar refractivity (Wildman–Crippen MR) is 98.1 cm³/mol. The maximum absolute atomic E-state index is 13.2. The van der Waals surface area contributed by atoms with E-state index in [2.05, 4.69) is 9.88 Å². The van der Waals surface area contributed by atoms with Gasteiger partial charge in [-0.05, 0) is 35.7 Å². The third-order valence-corrected chi connectivity index (χ3v) is 4.98. The van der Waals surface area contributed by atoms with E-state index >= 15 is 0 Å². The van der Waals surface area contributed by atoms with Crippen LogP contribution in [0.2, 0.25) is 0 Å². The molecule has 0 unspecified atom stereocenters. The Bertz CT molecular complexity index is 984. The highest BCUT2D eigenvalue weighted by atomic mass is 19.1. The third-order valence-electron chi connectivity index (χ3n) is 4.98. The van der Waals surface area contributed by atoms with Gasteiger partial charge in [-0.2, -0.15) is 0 Å². The Morgan fingerprint density at radius 2 is 2.04 bits per heavy atom. The smallest absolute Gasteiger partial charge is 0.354 e. The zero-order valence-electron chi connectivity index (χ0n) is 14.7. The highest BCUT2D eigenvalue weighted by molar-refractivity contribution is 5.92. The molecule has 2 aromatic heterocycles. The lowest BCUT2D eigenvalue weighted by molar-refractivity contribution is 0.0690. The number of nitrogens with zero attached hydrogens (tertiary/aromatic N) is 3. The van der Waals surface area contributed by atoms with Crippen LogP contribution < -0.4 is 0 Å². The molecule has 0 bridgehead atoms. The molecule has 3 aromatic rings. The van der Waals surface area contributed by atoms with Crippen LogP contribution >= 0.6 is 0 Å². The molecule has 2 N–H and O–H groups in total. The van der Waals surface area contributed by atoms with Gasteiger partial charge < -0.3 is 14.8 Å². The Morgan fingerprint density at radius 1 is 1.26 bits per heavy atom. The monoisotopic (exact) mass is 369 g/mol. The third kappa shape index (κ3) is 3.70. The molecule has 0 radical (unpaired) electrons. The molecule has 4 rings (SSSR count). The van der Waals surface area contributed by atoms with Gasteiger partial charge in [0.2, 0.25) is 0 Å². The number of aromatic carboxylic acids is 1. The summed E-state index contributed by atoms with van der Waals surface area (Å²) in [5.74, 6) is -1.34. The molecule has 1 aliphatic rings. The van der Waals surface area contributed by atoms with Crippen molar-refractivity contribution in [3.63, 3.8) is 0 Å². The SMILES string of the molecule is O=C(O)c1cc2c(CN3CC[C@@H](O)C3)cn(Cc3ccc(F)cc3)c2cn1. The number of benzene rings is 1. The molecule has 1 aliphatic heterocycles. The Morgan fingerprint density at radius 3 is 2.70 bits per heavy atom. The van der Waals surface area contributed by atoms with Crippen molar-refractivity contribution in [1.29, 1.82) is 0 Å². The van der Waals surface area contributed by atoms with E-state index < -0.39 is 5.97 Å². The summed E-state index contributed by atoms with van der Waals surface area (Å²) in [6, 6.07) is 7.91. The molecule has 27 heavy (non-hydrogen) atoms. The molecule has 0 amide bonds. The number of hydrogen-bond donors (Lipinski definition) is 2. The highest BCUT2D eigenvalue weighted by Gasteiger charge is 2.22. The number of halogens is 1. The summed E-state index contributed by atoms with van der Waals surface area (Å²) in [5, 5.41) is 19.9. The highest BCUT2D eigenvalue weighted by Crippen LogP contribution is 2.25. The zero-order valence-corrected chi connectivity index (χ0v) is 14.7. The van der Waals surface area contributed by atoms with Crippen molar-refractivity contribution in [2.75, 3.05) is 13.1 Å². The molecular formula is C20H20FN3O3. The number of aliphatic hydroxyl groups excluding tert-OH is 1. The van der Waals surface area contributed by atoms with Crippen molar-refractivity contribution < 1.29 is 19.4 Å². The zero-order chi connectivity index (χ0) is 19.0. The number of aromatic nitrogens is 2. The van der Waals surface area contributed by atoms with E-state index in [1.54, 1.807) is 24.4 Å². The lowest BCUT2D eigenvalue weighted by Gasteiger charge is -2.14. The minimum absolute atomic E-state index is 0.00439. The Balaban J connectivity index is 1.72. The fourth-order valence-electron chi connectivity index (χ4n) is 3.62. The molecule has 0 spiro atoms. The number of carboxylic acid groups (broad SMARTS) is 1. The summed E-state index contributed by atoms with van der Waals surface area (Å²) >= 11 is 0. The maximum atomic E-state index is 13.2. The molecule has 7 heteroatoms. The Kier molecular flexibility index (Phi) is 4.63. The average Bonchev–Trinajstić information content (AvgIpc) is 3.20. The van der Waals surface area contributed by atoms with Crippen LogP contribution in [0.15, 0.2) is 42.7 Å². The fraction of sp³-hybridized carbons (Fsp3) is 0.300. The van der Waals surface area contributed by atoms with Crippen molar-refractivity contribution in [3.05, 3.63) is 65.4 Å². The number of fused-ring (bicyclic) bond motifs is 1. The first-order chi connectivity index (χ1) is 13.0. The van der Waals surface area contributed by atoms with Crippen LogP contribution in [0, 0.1) is 5.82 Å². The number of carboxylic acids is 1. The van der Waals surface area contributed by atoms with Crippen LogP contribution in [0.25, 0.3) is 10.9 Å². The van der Waals surface area contributed by atoms with Gasteiger partial charge >= 0.3 is 5.97 Å². The van der Waals surface area contributed by atoms with Gasteiger partial charge in [0.25, 0.3) is 0 Å². The van der Waals surface area contributed by atoms with Crippen molar-refractivity contribution in [3.8, 4) is 0 Å². The fourth-order valence-corrected chi connectivity index (χ4v) is 3.62. The van der Waals surface area contributed by atoms with Crippen molar-refractivity contribution in [2.24, 2.45) is 0 Å². The minimum Gasteiger partial charge on any atom is -0.477 e. The first kappa shape index (κ1) is 17.6. The van der Waals surface area contributed by atoms with Gasteiger partial charge in [0.1, 0.15) is 11.5 Å². The number of aliphatic hydroxyl groups is 1. The average molecular weight is 369 g/mol. The molecular weight excluding hydrogens is 349 g/mol. The van der Waals surface area contributed by atoms with Crippen LogP contribution in [0.1, 0.15) is 28.0 Å². The van der Waals surface area contributed by atoms with Gasteiger partial charge in [-0.25, -0.2) is 14.2 Å². The Labute approximate surface area is 155 Å². The van der Waals surface area contributed by atoms with Gasteiger partial charge in [0.05, 0.1) is 17.8 Å². The second kappa shape index (κ2) is 7.09. The van der Waals surface area contributed by atoms with E-state index in [-0.39, 0.29) is 17.6 Å². The number of hydrogen-bond acceptors (Lipinski definition) is 4. The summed E-state index contributed by atoms with van der Waals surface area (Å²) in [6.45, 7) is 2.59. The molecule has 140 valence electrons. The normalized spacial score (nSPS) is 17.6. The molecule has 0 saturated carbocycles. The number of pyridine rings is 1. The molecule has 1 atom stereocenters. The number of β-amino-alcohol motifs (C(OH)–C–C–N with tert-alkyl or cyclic N) is 1. The summed E-state index contributed by atoms with van der Waals surface area (Å²) in [5.41, 5.74) is 2.77. The second-order valence-electron chi connectivity index (χ2n) is 6.98. The number of likely N-dealkylation sites (tertiary alicyclic amines) is 1. The molecule has 1 saturated heterocycles. The number of carbonyl (C=O) groups is 1. The van der Waals surface area contributed by atoms with Gasteiger partial charge in [0.15, 0.2) is 0 Å². The van der Waals surface area contributed by atoms with Crippen LogP contribution in [0.4, 0.5) is 4.39 Å². The van der Waals surface area contributed by atoms with Gasteiger partial charge in [-0.15, -0.1) is 0 Å². The van der Waals surface area contributed by atoms with Gasteiger partial charge in [-0.1, -0.05) is 12.1 Å². The van der Waals surface area contributed by atoms with Crippen molar-refractivity contribution >= 4 is 16.9 Å². The van der Waals surface area contributed by atoms with E-state index in [1.807, 2.05) is 10.8 Å². The maximum Gasteiger partial charge on any atom is 0.354 e. The van der Waals surface area contributed by atoms with E-state index in [4.69, 9.17) is 0 Å². The molecule has 1 aromatic carbocycles. The van der Waals surface area contributed by atoms with Crippen molar-refractivity contribution in [2.45, 2.75) is 25.6 Å². The molecule has 1 fully saturated rings. The second-order valence-corrected chi connectivity index (χ2v) is 6.98. The molecule has 0 aliphatic carbocycles. The van der Waals surface area contributed by atoms with E-state index in [1.165, 1.54) is 12.1 Å². The summed E-state index contributed by atoms with van der Waals surface area (Å²) < 4.78 is 15.2. The van der Waals surface area contributed by atoms with E-state index in [0.717, 1.165) is 35.0 Å². The van der Waals surface area contributed by atoms with Crippen LogP contribution in [0.5, 0.6) is 0 Å². The minimum atomic E-state index is -1.06. The number of rotatable bonds is 5. The van der Waals surface area contributed by atoms with E-state index in [9.17, 15) is 19.4 Å². The lowest BCUT2D eigenvalue weighted by atomic mass is 10.1. The molecule has 3 heterocycles. The van der Waals surface area contributed by atoms with Gasteiger partial charge in [0, 0.05) is 37.8 Å². The van der Waals surface area contributed by atoms with Crippen LogP contribution in [-0.4, -0.2) is 49.8 Å². The summed E-state index contributed by atoms with van der Waals surface area (Å²) in [7, 11) is 0. The largest absolute Gasteiger partial charge is 0.477 e. The first-order valence-electron chi connectivity index (χ1n) is 8.85. The quantitative estimate of drug-likeness (QED) is 0.722. The lowest BCUT2D eigenvalue weighted by Crippen LogP contribution is -2.21. The first-order valence-corrected chi connectivity index (χ1v) is 8.85. The Hall–Kier alpha value is -2.77. The van der Waals surface area contributed by atoms with Gasteiger partial charge in [-0.3, -0.25) is 4.90 Å². The summed E-state index contributed by atoms with van der Waals surface area (Å²) in [6.07, 6.45) is 4.00. The van der Waals surface area contributed by atoms with Crippen LogP contribution in [-0.2, 0) is 13.1 Å². The topological polar surface area (TPSA) is 78.6 Å². The van der Waals surface area contributed by atoms with E-state index in [0.29, 0.717) is 19.6 Å². The molecule has 6 nitrogen and oxygen atoms in total. The van der Waals surface area contributed by atoms with Crippen LogP contribution in [0.3, 0.4) is 0 Å². The van der Waals surface area contributed by atoms with Crippen molar-refractivity contribution in [1.82, 2.24) is 14.5 Å².